The Labute approximate surface area is 96.0 Å². The third-order valence-electron chi connectivity index (χ3n) is 2.45. The fourth-order valence-electron chi connectivity index (χ4n) is 1.77. The number of rotatable bonds is 0. The maximum atomic E-state index is 4.31. The number of aliphatic imine (C=N–C) groups is 1. The summed E-state index contributed by atoms with van der Waals surface area (Å²) in [5.74, 6) is 0.767. The molecule has 4 nitrogen and oxygen atoms in total. The third kappa shape index (κ3) is 1.34. The molecule has 0 spiro atoms. The molecule has 0 atom stereocenters. The van der Waals surface area contributed by atoms with Crippen LogP contribution in [0, 0.1) is 0 Å². The van der Waals surface area contributed by atoms with Gasteiger partial charge in [-0.05, 0) is 12.1 Å². The van der Waals surface area contributed by atoms with Crippen LogP contribution >= 0.6 is 15.9 Å². The van der Waals surface area contributed by atoms with Crippen molar-refractivity contribution in [2.24, 2.45) is 10.1 Å². The quantitative estimate of drug-likeness (QED) is 0.717. The van der Waals surface area contributed by atoms with E-state index in [1.165, 1.54) is 0 Å². The van der Waals surface area contributed by atoms with Crippen molar-refractivity contribution >= 4 is 33.8 Å². The van der Waals surface area contributed by atoms with Crippen molar-refractivity contribution in [3.8, 4) is 0 Å². The normalized spacial score (nSPS) is 17.6. The molecule has 76 valence electrons. The molecule has 5 heteroatoms. The van der Waals surface area contributed by atoms with Gasteiger partial charge in [0.05, 0.1) is 5.69 Å². The van der Waals surface area contributed by atoms with E-state index in [1.54, 1.807) is 0 Å². The fourth-order valence-corrected chi connectivity index (χ4v) is 2.12. The largest absolute Gasteiger partial charge is 0.289 e. The summed E-state index contributed by atoms with van der Waals surface area (Å²) in [7, 11) is 1.94. The molecule has 0 aliphatic carbocycles. The van der Waals surface area contributed by atoms with Crippen LogP contribution in [0.25, 0.3) is 0 Å². The van der Waals surface area contributed by atoms with Crippen molar-refractivity contribution in [1.29, 1.82) is 0 Å². The van der Waals surface area contributed by atoms with Crippen LogP contribution in [-0.2, 0) is 0 Å². The molecule has 0 aromatic heterocycles. The average molecular weight is 265 g/mol. The number of hydrogen-bond donors (Lipinski definition) is 0. The van der Waals surface area contributed by atoms with Gasteiger partial charge in [-0.3, -0.25) is 9.91 Å². The Hall–Kier alpha value is -1.36. The Balaban J connectivity index is 2.14. The number of guanidine groups is 1. The summed E-state index contributed by atoms with van der Waals surface area (Å²) >= 11 is 3.48. The molecule has 0 fully saturated rings. The summed E-state index contributed by atoms with van der Waals surface area (Å²) in [4.78, 5) is 6.40. The standard InChI is InChI=1S/C10H9BrN4/c1-14-6-15-9-4-8(11)3-2-7(9)5-12-10(15)13-14/h2-5H,6H2,1H3. The summed E-state index contributed by atoms with van der Waals surface area (Å²) in [5.41, 5.74) is 2.29. The third-order valence-corrected chi connectivity index (χ3v) is 2.94. The van der Waals surface area contributed by atoms with E-state index in [-0.39, 0.29) is 0 Å². The minimum Gasteiger partial charge on any atom is -0.289 e. The van der Waals surface area contributed by atoms with Gasteiger partial charge in [-0.2, -0.15) is 0 Å². The Morgan fingerprint density at radius 1 is 1.40 bits per heavy atom. The second-order valence-corrected chi connectivity index (χ2v) is 4.50. The minimum atomic E-state index is 0.760. The maximum Gasteiger partial charge on any atom is 0.248 e. The van der Waals surface area contributed by atoms with E-state index in [1.807, 2.05) is 24.3 Å². The molecule has 1 aromatic carbocycles. The summed E-state index contributed by atoms with van der Waals surface area (Å²) in [6, 6.07) is 6.17. The van der Waals surface area contributed by atoms with Gasteiger partial charge in [0.15, 0.2) is 0 Å². The summed E-state index contributed by atoms with van der Waals surface area (Å²) in [6.07, 6.45) is 1.86. The lowest BCUT2D eigenvalue weighted by atomic mass is 10.1. The monoisotopic (exact) mass is 264 g/mol. The van der Waals surface area contributed by atoms with E-state index >= 15 is 0 Å². The van der Waals surface area contributed by atoms with Crippen molar-refractivity contribution < 1.29 is 0 Å². The van der Waals surface area contributed by atoms with Crippen molar-refractivity contribution in [2.75, 3.05) is 18.6 Å². The molecule has 0 bridgehead atoms. The average Bonchev–Trinajstić information content (AvgIpc) is 2.58. The Kier molecular flexibility index (Phi) is 1.82. The van der Waals surface area contributed by atoms with Crippen molar-refractivity contribution in [3.05, 3.63) is 28.2 Å². The molecular formula is C10H9BrN4. The number of hydrazone groups is 1. The van der Waals surface area contributed by atoms with E-state index < -0.39 is 0 Å². The highest BCUT2D eigenvalue weighted by molar-refractivity contribution is 9.10. The molecule has 0 saturated carbocycles. The number of halogens is 1. The van der Waals surface area contributed by atoms with E-state index in [0.717, 1.165) is 28.4 Å². The Morgan fingerprint density at radius 3 is 3.13 bits per heavy atom. The number of nitrogens with zero attached hydrogens (tertiary/aromatic N) is 4. The van der Waals surface area contributed by atoms with Crippen LogP contribution in [0.3, 0.4) is 0 Å². The predicted octanol–water partition coefficient (Wildman–Crippen LogP) is 1.86. The molecule has 15 heavy (non-hydrogen) atoms. The molecule has 0 unspecified atom stereocenters. The Morgan fingerprint density at radius 2 is 2.27 bits per heavy atom. The van der Waals surface area contributed by atoms with Gasteiger partial charge in [-0.15, -0.1) is 5.10 Å². The van der Waals surface area contributed by atoms with E-state index in [9.17, 15) is 0 Å². The molecule has 1 aromatic rings. The molecular weight excluding hydrogens is 256 g/mol. The lowest BCUT2D eigenvalue weighted by Gasteiger charge is -2.23. The van der Waals surface area contributed by atoms with Crippen LogP contribution in [0.2, 0.25) is 0 Å². The topological polar surface area (TPSA) is 31.2 Å². The van der Waals surface area contributed by atoms with E-state index in [0.29, 0.717) is 0 Å². The SMILES string of the molecule is CN1CN2C(=N1)N=Cc1ccc(Br)cc12. The smallest absolute Gasteiger partial charge is 0.248 e. The minimum absolute atomic E-state index is 0.760. The van der Waals surface area contributed by atoms with Gasteiger partial charge in [0.25, 0.3) is 0 Å². The zero-order chi connectivity index (χ0) is 10.4. The molecule has 0 amide bonds. The van der Waals surface area contributed by atoms with Crippen LogP contribution < -0.4 is 4.90 Å². The second-order valence-electron chi connectivity index (χ2n) is 3.59. The first-order chi connectivity index (χ1) is 7.24. The molecule has 0 N–H and O–H groups in total. The van der Waals surface area contributed by atoms with E-state index in [2.05, 4.69) is 43.1 Å². The van der Waals surface area contributed by atoms with Gasteiger partial charge >= 0.3 is 0 Å². The fraction of sp³-hybridized carbons (Fsp3) is 0.200. The predicted molar refractivity (Wildman–Crippen MR) is 64.3 cm³/mol. The first-order valence-electron chi connectivity index (χ1n) is 4.65. The van der Waals surface area contributed by atoms with Gasteiger partial charge in [0, 0.05) is 23.3 Å². The van der Waals surface area contributed by atoms with Crippen LogP contribution in [-0.4, -0.2) is 30.9 Å². The molecule has 2 aliphatic rings. The lowest BCUT2D eigenvalue weighted by Crippen LogP contribution is -2.31. The molecule has 3 rings (SSSR count). The van der Waals surface area contributed by atoms with Gasteiger partial charge in [-0.25, -0.2) is 4.99 Å². The maximum absolute atomic E-state index is 4.31. The van der Waals surface area contributed by atoms with Crippen LogP contribution in [0.15, 0.2) is 32.8 Å². The van der Waals surface area contributed by atoms with Crippen molar-refractivity contribution in [2.45, 2.75) is 0 Å². The summed E-state index contributed by atoms with van der Waals surface area (Å²) in [6.45, 7) is 0.760. The van der Waals surface area contributed by atoms with Gasteiger partial charge in [0.1, 0.15) is 6.67 Å². The summed E-state index contributed by atoms with van der Waals surface area (Å²) in [5, 5.41) is 6.18. The number of hydrogen-bond acceptors (Lipinski definition) is 4. The molecule has 2 aliphatic heterocycles. The first kappa shape index (κ1) is 8.91. The summed E-state index contributed by atoms with van der Waals surface area (Å²) < 4.78 is 1.07. The molecule has 0 radical (unpaired) electrons. The number of anilines is 1. The van der Waals surface area contributed by atoms with Gasteiger partial charge < -0.3 is 0 Å². The zero-order valence-electron chi connectivity index (χ0n) is 8.18. The highest BCUT2D eigenvalue weighted by atomic mass is 79.9. The highest BCUT2D eigenvalue weighted by Crippen LogP contribution is 2.29. The Bertz CT molecular complexity index is 480. The second kappa shape index (κ2) is 3.06. The molecule has 0 saturated heterocycles. The zero-order valence-corrected chi connectivity index (χ0v) is 9.77. The highest BCUT2D eigenvalue weighted by Gasteiger charge is 2.26. The first-order valence-corrected chi connectivity index (χ1v) is 5.44. The van der Waals surface area contributed by atoms with Crippen LogP contribution in [0.5, 0.6) is 0 Å². The van der Waals surface area contributed by atoms with Crippen LogP contribution in [0.4, 0.5) is 5.69 Å². The van der Waals surface area contributed by atoms with Gasteiger partial charge in [-0.1, -0.05) is 22.0 Å². The number of benzene rings is 1. The van der Waals surface area contributed by atoms with Crippen LogP contribution in [0.1, 0.15) is 5.56 Å². The molecule has 2 heterocycles. The van der Waals surface area contributed by atoms with E-state index in [4.69, 9.17) is 0 Å². The lowest BCUT2D eigenvalue weighted by molar-refractivity contribution is 0.393. The van der Waals surface area contributed by atoms with Crippen molar-refractivity contribution in [1.82, 2.24) is 5.01 Å². The van der Waals surface area contributed by atoms with Gasteiger partial charge in [0.2, 0.25) is 5.96 Å². The number of fused-ring (bicyclic) bond motifs is 3. The van der Waals surface area contributed by atoms with Crippen molar-refractivity contribution in [3.63, 3.8) is 0 Å².